The fourth-order valence-electron chi connectivity index (χ4n) is 5.07. The van der Waals surface area contributed by atoms with E-state index in [1.54, 1.807) is 0 Å². The van der Waals surface area contributed by atoms with Gasteiger partial charge in [0, 0.05) is 6.42 Å². The third-order valence-corrected chi connectivity index (χ3v) is 7.81. The fourth-order valence-corrected chi connectivity index (χ4v) is 5.50. The summed E-state index contributed by atoms with van der Waals surface area (Å²) in [5.74, 6) is 12.7. The zero-order chi connectivity index (χ0) is 29.1. The molecule has 3 heteroatoms. The maximum Gasteiger partial charge on any atom is 0.311 e. The van der Waals surface area contributed by atoms with Crippen LogP contribution in [0.15, 0.2) is 115 Å². The molecule has 2 nitrogen and oxygen atoms in total. The van der Waals surface area contributed by atoms with Gasteiger partial charge < -0.3 is 5.11 Å². The predicted octanol–water partition coefficient (Wildman–Crippen LogP) is 7.91. The Morgan fingerprint density at radius 2 is 1.10 bits per heavy atom. The molecule has 4 rings (SSSR count). The van der Waals surface area contributed by atoms with Crippen LogP contribution >= 0.6 is 0 Å². The van der Waals surface area contributed by atoms with Crippen LogP contribution in [-0.2, 0) is 10.2 Å². The lowest BCUT2D eigenvalue weighted by Gasteiger charge is -2.37. The van der Waals surface area contributed by atoms with Gasteiger partial charge in [0.1, 0.15) is 8.07 Å². The topological polar surface area (TPSA) is 37.3 Å². The molecule has 0 spiro atoms. The summed E-state index contributed by atoms with van der Waals surface area (Å²) >= 11 is 0. The molecule has 0 heterocycles. The van der Waals surface area contributed by atoms with Crippen LogP contribution in [0.4, 0.5) is 0 Å². The van der Waals surface area contributed by atoms with E-state index in [1.165, 1.54) is 0 Å². The molecule has 0 aromatic heterocycles. The number of carboxylic acids is 1. The Morgan fingerprint density at radius 3 is 1.54 bits per heavy atom. The molecule has 0 aliphatic heterocycles. The van der Waals surface area contributed by atoms with Crippen LogP contribution in [0.1, 0.15) is 46.6 Å². The molecule has 0 saturated heterocycles. The summed E-state index contributed by atoms with van der Waals surface area (Å²) in [7, 11) is -1.45. The van der Waals surface area contributed by atoms with Crippen LogP contribution in [0, 0.1) is 35.1 Å². The van der Waals surface area contributed by atoms with Crippen molar-refractivity contribution in [3.05, 3.63) is 143 Å². The van der Waals surface area contributed by atoms with Crippen LogP contribution in [0.25, 0.3) is 0 Å². The lowest BCUT2D eigenvalue weighted by molar-refractivity contribution is -0.138. The maximum absolute atomic E-state index is 12.3. The van der Waals surface area contributed by atoms with E-state index < -0.39 is 25.4 Å². The first-order valence-corrected chi connectivity index (χ1v) is 17.3. The van der Waals surface area contributed by atoms with E-state index in [-0.39, 0.29) is 0 Å². The van der Waals surface area contributed by atoms with Gasteiger partial charge in [-0.1, -0.05) is 141 Å². The van der Waals surface area contributed by atoms with E-state index in [1.807, 2.05) is 30.3 Å². The minimum absolute atomic E-state index is 0.408. The molecule has 0 saturated carbocycles. The minimum Gasteiger partial charge on any atom is -0.481 e. The van der Waals surface area contributed by atoms with Gasteiger partial charge >= 0.3 is 5.97 Å². The highest BCUT2D eigenvalue weighted by atomic mass is 28.3. The summed E-state index contributed by atoms with van der Waals surface area (Å²) in [5.41, 5.74) is 7.89. The average molecular weight is 551 g/mol. The zero-order valence-corrected chi connectivity index (χ0v) is 24.8. The van der Waals surface area contributed by atoms with Crippen LogP contribution < -0.4 is 0 Å². The lowest BCUT2D eigenvalue weighted by Crippen LogP contribution is -2.31. The number of hydrogen-bond acceptors (Lipinski definition) is 1. The molecular formula is C38H34O2Si. The summed E-state index contributed by atoms with van der Waals surface area (Å²) in [4.78, 5) is 12.3. The number of hydrogen-bond donors (Lipinski definition) is 1. The molecule has 41 heavy (non-hydrogen) atoms. The van der Waals surface area contributed by atoms with Crippen molar-refractivity contribution in [3.8, 4) is 35.1 Å². The Labute approximate surface area is 245 Å². The summed E-state index contributed by atoms with van der Waals surface area (Å²) < 4.78 is 0. The third kappa shape index (κ3) is 7.26. The second-order valence-corrected chi connectivity index (χ2v) is 15.7. The second kappa shape index (κ2) is 13.5. The normalized spacial score (nSPS) is 11.5. The first kappa shape index (κ1) is 29.2. The predicted molar refractivity (Wildman–Crippen MR) is 171 cm³/mol. The zero-order valence-electron chi connectivity index (χ0n) is 23.8. The van der Waals surface area contributed by atoms with E-state index in [0.29, 0.717) is 12.8 Å². The molecule has 1 atom stereocenters. The van der Waals surface area contributed by atoms with E-state index >= 15 is 0 Å². The smallest absolute Gasteiger partial charge is 0.311 e. The minimum atomic E-state index is -1.45. The van der Waals surface area contributed by atoms with Crippen molar-refractivity contribution >= 4 is 14.0 Å². The number of carbonyl (C=O) groups is 1. The van der Waals surface area contributed by atoms with Gasteiger partial charge in [-0.05, 0) is 57.9 Å². The number of rotatable bonds is 8. The Morgan fingerprint density at radius 1 is 0.659 bits per heavy atom. The first-order valence-electron chi connectivity index (χ1n) is 13.8. The van der Waals surface area contributed by atoms with E-state index in [0.717, 1.165) is 27.8 Å². The van der Waals surface area contributed by atoms with Gasteiger partial charge in [-0.25, -0.2) is 0 Å². The Balaban J connectivity index is 1.68. The van der Waals surface area contributed by atoms with E-state index in [2.05, 4.69) is 140 Å². The molecule has 0 radical (unpaired) electrons. The molecule has 4 aromatic rings. The summed E-state index contributed by atoms with van der Waals surface area (Å²) in [6, 6.07) is 39.5. The van der Waals surface area contributed by atoms with Crippen LogP contribution in [0.2, 0.25) is 19.6 Å². The molecular weight excluding hydrogens is 517 g/mol. The maximum atomic E-state index is 12.3. The van der Waals surface area contributed by atoms with Crippen molar-refractivity contribution in [1.82, 2.24) is 0 Å². The highest BCUT2D eigenvalue weighted by Gasteiger charge is 2.38. The van der Waals surface area contributed by atoms with Gasteiger partial charge in [0.15, 0.2) is 0 Å². The first-order chi connectivity index (χ1) is 19.8. The van der Waals surface area contributed by atoms with Gasteiger partial charge in [-0.2, -0.15) is 0 Å². The monoisotopic (exact) mass is 550 g/mol. The summed E-state index contributed by atoms with van der Waals surface area (Å²) in [6.45, 7) is 6.49. The Bertz CT molecular complexity index is 1540. The van der Waals surface area contributed by atoms with Crippen LogP contribution in [0.3, 0.4) is 0 Å². The standard InChI is InChI=1S/C38H34O2Si/c1-41(2,3)30-18-7-5-4-6-17-25-36(37(39)40)31-26-28-35(29-27-31)38(32-19-11-8-12-20-32,33-21-13-9-14-22-33)34-23-15-10-16-24-34/h8-16,19-24,26-29,36H,17,25H2,1-3H3,(H,39,40). The van der Waals surface area contributed by atoms with Crippen molar-refractivity contribution in [1.29, 1.82) is 0 Å². The summed E-state index contributed by atoms with van der Waals surface area (Å²) in [5, 5.41) is 10.0. The second-order valence-electron chi connectivity index (χ2n) is 11.0. The molecule has 1 unspecified atom stereocenters. The molecule has 0 amide bonds. The van der Waals surface area contributed by atoms with Crippen molar-refractivity contribution < 1.29 is 9.90 Å². The molecule has 0 fully saturated rings. The van der Waals surface area contributed by atoms with Crippen molar-refractivity contribution in [2.75, 3.05) is 0 Å². The molecule has 4 aromatic carbocycles. The van der Waals surface area contributed by atoms with Crippen LogP contribution in [-0.4, -0.2) is 19.1 Å². The third-order valence-electron chi connectivity index (χ3n) is 6.94. The molecule has 202 valence electrons. The number of carboxylic acid groups (broad SMARTS) is 1. The quantitative estimate of drug-likeness (QED) is 0.138. The van der Waals surface area contributed by atoms with Gasteiger partial charge in [0.05, 0.1) is 11.3 Å². The van der Waals surface area contributed by atoms with Crippen molar-refractivity contribution in [3.63, 3.8) is 0 Å². The Hall–Kier alpha value is -4.75. The molecule has 0 aliphatic carbocycles. The van der Waals surface area contributed by atoms with Gasteiger partial charge in [-0.15, -0.1) is 5.54 Å². The Kier molecular flexibility index (Phi) is 9.66. The van der Waals surface area contributed by atoms with Gasteiger partial charge in [0.25, 0.3) is 0 Å². The van der Waals surface area contributed by atoms with Gasteiger partial charge in [0.2, 0.25) is 0 Å². The van der Waals surface area contributed by atoms with E-state index in [4.69, 9.17) is 0 Å². The van der Waals surface area contributed by atoms with Crippen LogP contribution in [0.5, 0.6) is 0 Å². The lowest BCUT2D eigenvalue weighted by atomic mass is 9.65. The van der Waals surface area contributed by atoms with Crippen molar-refractivity contribution in [2.24, 2.45) is 0 Å². The summed E-state index contributed by atoms with van der Waals surface area (Å²) in [6.07, 6.45) is 0.849. The SMILES string of the molecule is C[Si](C)(C)C#CC#CC#CCCC(C(=O)O)c1ccc(C(c2ccccc2)(c2ccccc2)c2ccccc2)cc1. The van der Waals surface area contributed by atoms with Crippen molar-refractivity contribution in [2.45, 2.75) is 43.8 Å². The average Bonchev–Trinajstić information content (AvgIpc) is 2.98. The number of aliphatic carboxylic acids is 1. The molecule has 0 bridgehead atoms. The largest absolute Gasteiger partial charge is 0.481 e. The highest BCUT2D eigenvalue weighted by Crippen LogP contribution is 2.45. The molecule has 0 aliphatic rings. The highest BCUT2D eigenvalue weighted by molar-refractivity contribution is 6.83. The van der Waals surface area contributed by atoms with Gasteiger partial charge in [-0.3, -0.25) is 4.79 Å². The van der Waals surface area contributed by atoms with E-state index in [9.17, 15) is 9.90 Å². The fraction of sp³-hybridized carbons (Fsp3) is 0.184. The molecule has 1 N–H and O–H groups in total. The number of benzene rings is 4.